The van der Waals surface area contributed by atoms with Crippen LogP contribution in [0.4, 0.5) is 0 Å². The van der Waals surface area contributed by atoms with Crippen molar-refractivity contribution in [3.05, 3.63) is 16.4 Å². The van der Waals surface area contributed by atoms with E-state index in [2.05, 4.69) is 10.2 Å². The standard InChI is InChI=1S/C7H8Cl2N2O/c1-4(2)12-5-3-10-11-7(9)6(5)8/h3-4H,1-2H3. The van der Waals surface area contributed by atoms with Crippen LogP contribution in [0.15, 0.2) is 6.20 Å². The molecule has 0 N–H and O–H groups in total. The molecule has 0 radical (unpaired) electrons. The van der Waals surface area contributed by atoms with Crippen LogP contribution in [0.5, 0.6) is 5.75 Å². The van der Waals surface area contributed by atoms with Gasteiger partial charge >= 0.3 is 0 Å². The van der Waals surface area contributed by atoms with Crippen molar-refractivity contribution in [1.29, 1.82) is 0 Å². The van der Waals surface area contributed by atoms with Crippen molar-refractivity contribution in [3.8, 4) is 5.75 Å². The molecule has 66 valence electrons. The molecule has 0 aliphatic carbocycles. The van der Waals surface area contributed by atoms with E-state index in [-0.39, 0.29) is 11.3 Å². The summed E-state index contributed by atoms with van der Waals surface area (Å²) in [6.07, 6.45) is 1.48. The highest BCUT2D eigenvalue weighted by Gasteiger charge is 2.08. The second-order valence-electron chi connectivity index (χ2n) is 2.48. The lowest BCUT2D eigenvalue weighted by Crippen LogP contribution is -2.06. The van der Waals surface area contributed by atoms with Crippen LogP contribution in [0.3, 0.4) is 0 Å². The molecule has 0 aromatic carbocycles. The van der Waals surface area contributed by atoms with E-state index < -0.39 is 0 Å². The number of aromatic nitrogens is 2. The molecule has 0 spiro atoms. The Morgan fingerprint density at radius 1 is 1.42 bits per heavy atom. The normalized spacial score (nSPS) is 10.4. The molecule has 0 saturated heterocycles. The zero-order valence-corrected chi connectivity index (χ0v) is 8.23. The molecule has 0 unspecified atom stereocenters. The fraction of sp³-hybridized carbons (Fsp3) is 0.429. The van der Waals surface area contributed by atoms with Gasteiger partial charge in [0.25, 0.3) is 0 Å². The number of hydrogen-bond acceptors (Lipinski definition) is 3. The van der Waals surface area contributed by atoms with Crippen molar-refractivity contribution in [2.75, 3.05) is 0 Å². The highest BCUT2D eigenvalue weighted by molar-refractivity contribution is 6.42. The highest BCUT2D eigenvalue weighted by Crippen LogP contribution is 2.29. The Hall–Kier alpha value is -0.540. The van der Waals surface area contributed by atoms with Crippen molar-refractivity contribution in [2.45, 2.75) is 20.0 Å². The van der Waals surface area contributed by atoms with E-state index in [1.165, 1.54) is 6.20 Å². The van der Waals surface area contributed by atoms with E-state index >= 15 is 0 Å². The van der Waals surface area contributed by atoms with E-state index in [0.29, 0.717) is 10.8 Å². The number of ether oxygens (including phenoxy) is 1. The van der Waals surface area contributed by atoms with Crippen LogP contribution in [0, 0.1) is 0 Å². The van der Waals surface area contributed by atoms with Gasteiger partial charge in [-0.25, -0.2) is 0 Å². The molecule has 0 aliphatic heterocycles. The Balaban J connectivity index is 2.92. The summed E-state index contributed by atoms with van der Waals surface area (Å²) in [5.74, 6) is 0.465. The molecule has 0 amide bonds. The molecule has 0 bridgehead atoms. The van der Waals surface area contributed by atoms with Crippen molar-refractivity contribution >= 4 is 23.2 Å². The van der Waals surface area contributed by atoms with Crippen LogP contribution in [-0.2, 0) is 0 Å². The molecule has 12 heavy (non-hydrogen) atoms. The van der Waals surface area contributed by atoms with E-state index in [1.807, 2.05) is 13.8 Å². The summed E-state index contributed by atoms with van der Waals surface area (Å²) in [4.78, 5) is 0. The van der Waals surface area contributed by atoms with E-state index in [1.54, 1.807) is 0 Å². The summed E-state index contributed by atoms with van der Waals surface area (Å²) in [5, 5.41) is 7.62. The zero-order chi connectivity index (χ0) is 9.14. The first-order valence-electron chi connectivity index (χ1n) is 3.44. The van der Waals surface area contributed by atoms with Gasteiger partial charge in [0.05, 0.1) is 12.3 Å². The fourth-order valence-electron chi connectivity index (χ4n) is 0.670. The van der Waals surface area contributed by atoms with Crippen LogP contribution in [0.1, 0.15) is 13.8 Å². The molecule has 1 heterocycles. The molecule has 5 heteroatoms. The smallest absolute Gasteiger partial charge is 0.174 e. The highest BCUT2D eigenvalue weighted by atomic mass is 35.5. The first kappa shape index (κ1) is 9.55. The average Bonchev–Trinajstić information content (AvgIpc) is 1.98. The number of nitrogens with zero attached hydrogens (tertiary/aromatic N) is 2. The predicted molar refractivity (Wildman–Crippen MR) is 47.8 cm³/mol. The van der Waals surface area contributed by atoms with Gasteiger partial charge in [-0.2, -0.15) is 5.10 Å². The van der Waals surface area contributed by atoms with Gasteiger partial charge in [-0.1, -0.05) is 23.2 Å². The number of halogens is 2. The van der Waals surface area contributed by atoms with Gasteiger partial charge < -0.3 is 4.74 Å². The molecule has 1 aromatic heterocycles. The van der Waals surface area contributed by atoms with Gasteiger partial charge in [-0.3, -0.25) is 0 Å². The Bertz CT molecular complexity index is 278. The van der Waals surface area contributed by atoms with Gasteiger partial charge in [0.2, 0.25) is 0 Å². The largest absolute Gasteiger partial charge is 0.488 e. The van der Waals surface area contributed by atoms with Gasteiger partial charge in [0.1, 0.15) is 5.02 Å². The van der Waals surface area contributed by atoms with Crippen molar-refractivity contribution in [1.82, 2.24) is 10.2 Å². The van der Waals surface area contributed by atoms with Crippen LogP contribution in [0.25, 0.3) is 0 Å². The maximum atomic E-state index is 5.78. The number of hydrogen-bond donors (Lipinski definition) is 0. The predicted octanol–water partition coefficient (Wildman–Crippen LogP) is 2.57. The maximum absolute atomic E-state index is 5.78. The van der Waals surface area contributed by atoms with Crippen molar-refractivity contribution < 1.29 is 4.74 Å². The zero-order valence-electron chi connectivity index (χ0n) is 6.71. The van der Waals surface area contributed by atoms with Crippen molar-refractivity contribution in [2.24, 2.45) is 0 Å². The SMILES string of the molecule is CC(C)Oc1cnnc(Cl)c1Cl. The van der Waals surface area contributed by atoms with E-state index in [9.17, 15) is 0 Å². The summed E-state index contributed by atoms with van der Waals surface area (Å²) in [6, 6.07) is 0. The quantitative estimate of drug-likeness (QED) is 0.747. The molecule has 1 aromatic rings. The van der Waals surface area contributed by atoms with Crippen LogP contribution < -0.4 is 4.74 Å². The van der Waals surface area contributed by atoms with E-state index in [0.717, 1.165) is 0 Å². The lowest BCUT2D eigenvalue weighted by Gasteiger charge is -2.09. The minimum Gasteiger partial charge on any atom is -0.488 e. The van der Waals surface area contributed by atoms with Gasteiger partial charge in [-0.15, -0.1) is 5.10 Å². The lowest BCUT2D eigenvalue weighted by molar-refractivity contribution is 0.241. The van der Waals surface area contributed by atoms with Gasteiger partial charge in [-0.05, 0) is 13.8 Å². The Labute approximate surface area is 80.7 Å². The molecule has 0 fully saturated rings. The van der Waals surface area contributed by atoms with Gasteiger partial charge in [0.15, 0.2) is 10.9 Å². The Morgan fingerprint density at radius 2 is 2.08 bits per heavy atom. The second kappa shape index (κ2) is 3.92. The molecule has 1 rings (SSSR count). The fourth-order valence-corrected chi connectivity index (χ4v) is 0.938. The summed E-state index contributed by atoms with van der Waals surface area (Å²) in [6.45, 7) is 3.79. The third-order valence-corrected chi connectivity index (χ3v) is 1.81. The molecule has 0 aliphatic rings. The monoisotopic (exact) mass is 206 g/mol. The topological polar surface area (TPSA) is 35.0 Å². The minimum atomic E-state index is 0.0442. The lowest BCUT2D eigenvalue weighted by atomic mass is 10.4. The summed E-state index contributed by atoms with van der Waals surface area (Å²) >= 11 is 11.4. The van der Waals surface area contributed by atoms with Gasteiger partial charge in [0, 0.05) is 0 Å². The second-order valence-corrected chi connectivity index (χ2v) is 3.22. The Kier molecular flexibility index (Phi) is 3.12. The summed E-state index contributed by atoms with van der Waals surface area (Å²) in [7, 11) is 0. The molecule has 3 nitrogen and oxygen atoms in total. The average molecular weight is 207 g/mol. The summed E-state index contributed by atoms with van der Waals surface area (Å²) in [5.41, 5.74) is 0. The van der Waals surface area contributed by atoms with E-state index in [4.69, 9.17) is 27.9 Å². The molecule has 0 atom stereocenters. The first-order valence-corrected chi connectivity index (χ1v) is 4.20. The first-order chi connectivity index (χ1) is 5.61. The van der Waals surface area contributed by atoms with Crippen LogP contribution in [0.2, 0.25) is 10.2 Å². The third kappa shape index (κ3) is 2.22. The minimum absolute atomic E-state index is 0.0442. The number of rotatable bonds is 2. The maximum Gasteiger partial charge on any atom is 0.174 e. The molecular weight excluding hydrogens is 199 g/mol. The third-order valence-electron chi connectivity index (χ3n) is 1.08. The van der Waals surface area contributed by atoms with Crippen LogP contribution >= 0.6 is 23.2 Å². The molecular formula is C7H8Cl2N2O. The van der Waals surface area contributed by atoms with Crippen molar-refractivity contribution in [3.63, 3.8) is 0 Å². The molecule has 0 saturated carbocycles. The Morgan fingerprint density at radius 3 is 2.67 bits per heavy atom. The summed E-state index contributed by atoms with van der Waals surface area (Å²) < 4.78 is 5.31. The van der Waals surface area contributed by atoms with Crippen LogP contribution in [-0.4, -0.2) is 16.3 Å².